The number of nitrogens with one attached hydrogen (secondary N) is 2. The Bertz CT molecular complexity index is 909. The molecule has 0 spiro atoms. The van der Waals surface area contributed by atoms with E-state index < -0.39 is 0 Å². The van der Waals surface area contributed by atoms with Crippen molar-refractivity contribution in [2.75, 3.05) is 0 Å². The van der Waals surface area contributed by atoms with E-state index in [4.69, 9.17) is 4.74 Å². The Morgan fingerprint density at radius 1 is 1.14 bits per heavy atom. The number of ether oxygens (including phenoxy) is 1. The molecule has 0 radical (unpaired) electrons. The van der Waals surface area contributed by atoms with E-state index in [-0.39, 0.29) is 18.1 Å². The van der Waals surface area contributed by atoms with Crippen LogP contribution in [0.1, 0.15) is 36.6 Å². The molecule has 152 valence electrons. The van der Waals surface area contributed by atoms with E-state index in [2.05, 4.69) is 45.8 Å². The first kappa shape index (κ1) is 20.4. The molecule has 0 unspecified atom stereocenters. The molecule has 0 bridgehead atoms. The summed E-state index contributed by atoms with van der Waals surface area (Å²) in [5.41, 5.74) is 3.36. The largest absolute Gasteiger partial charge is 0.489 e. The van der Waals surface area contributed by atoms with Gasteiger partial charge >= 0.3 is 6.03 Å². The minimum atomic E-state index is -0.218. The lowest BCUT2D eigenvalue weighted by atomic mass is 10.1. The second-order valence-electron chi connectivity index (χ2n) is 7.20. The molecule has 2 aromatic carbocycles. The number of amides is 2. The third kappa shape index (κ3) is 6.34. The first-order chi connectivity index (χ1) is 14.0. The lowest BCUT2D eigenvalue weighted by molar-refractivity contribution is 0.233. The monoisotopic (exact) mass is 393 g/mol. The number of nitrogens with zero attached hydrogens (tertiary/aromatic N) is 3. The molecule has 0 fully saturated rings. The summed E-state index contributed by atoms with van der Waals surface area (Å²) in [7, 11) is 0. The Hall–Kier alpha value is -3.35. The van der Waals surface area contributed by atoms with Gasteiger partial charge in [-0.25, -0.2) is 9.78 Å². The van der Waals surface area contributed by atoms with Gasteiger partial charge in [0.15, 0.2) is 0 Å². The molecule has 0 aliphatic heterocycles. The highest BCUT2D eigenvalue weighted by Crippen LogP contribution is 2.19. The maximum Gasteiger partial charge on any atom is 0.315 e. The van der Waals surface area contributed by atoms with E-state index in [0.717, 1.165) is 16.9 Å². The van der Waals surface area contributed by atoms with Crippen molar-refractivity contribution in [3.8, 4) is 5.75 Å². The van der Waals surface area contributed by atoms with Gasteiger partial charge in [0.2, 0.25) is 0 Å². The van der Waals surface area contributed by atoms with Gasteiger partial charge in [0.05, 0.1) is 12.6 Å². The van der Waals surface area contributed by atoms with Crippen LogP contribution in [0.15, 0.2) is 61.2 Å². The van der Waals surface area contributed by atoms with Crippen LogP contribution in [0.25, 0.3) is 0 Å². The molecule has 0 saturated carbocycles. The van der Waals surface area contributed by atoms with E-state index in [0.29, 0.717) is 13.2 Å². The number of aryl methyl sites for hydroxylation is 1. The minimum absolute atomic E-state index is 0.0682. The SMILES string of the molecule is Cc1cccc(COc2ccc([C@@H](C)NC(=O)N[C@H](C)Cn3cncn3)cc2)c1. The van der Waals surface area contributed by atoms with Crippen LogP contribution < -0.4 is 15.4 Å². The van der Waals surface area contributed by atoms with E-state index in [1.54, 1.807) is 11.0 Å². The fourth-order valence-electron chi connectivity index (χ4n) is 3.02. The zero-order chi connectivity index (χ0) is 20.6. The summed E-state index contributed by atoms with van der Waals surface area (Å²) in [5, 5.41) is 9.90. The van der Waals surface area contributed by atoms with Crippen molar-refractivity contribution in [1.82, 2.24) is 25.4 Å². The highest BCUT2D eigenvalue weighted by molar-refractivity contribution is 5.74. The highest BCUT2D eigenvalue weighted by Gasteiger charge is 2.12. The van der Waals surface area contributed by atoms with Gasteiger partial charge in [0.25, 0.3) is 0 Å². The van der Waals surface area contributed by atoms with Crippen molar-refractivity contribution in [2.24, 2.45) is 0 Å². The lowest BCUT2D eigenvalue weighted by Gasteiger charge is -2.18. The molecular weight excluding hydrogens is 366 g/mol. The zero-order valence-electron chi connectivity index (χ0n) is 17.0. The summed E-state index contributed by atoms with van der Waals surface area (Å²) in [4.78, 5) is 16.1. The summed E-state index contributed by atoms with van der Waals surface area (Å²) < 4.78 is 7.54. The third-order valence-corrected chi connectivity index (χ3v) is 4.52. The number of aromatic nitrogens is 3. The summed E-state index contributed by atoms with van der Waals surface area (Å²) in [6.07, 6.45) is 3.10. The Balaban J connectivity index is 1.46. The van der Waals surface area contributed by atoms with Crippen LogP contribution in [0, 0.1) is 6.92 Å². The Morgan fingerprint density at radius 2 is 1.93 bits per heavy atom. The average Bonchev–Trinajstić information content (AvgIpc) is 3.19. The fraction of sp³-hybridized carbons (Fsp3) is 0.318. The van der Waals surface area contributed by atoms with Gasteiger partial charge in [-0.05, 0) is 44.0 Å². The third-order valence-electron chi connectivity index (χ3n) is 4.52. The molecule has 7 heteroatoms. The molecule has 2 N–H and O–H groups in total. The van der Waals surface area contributed by atoms with Gasteiger partial charge in [-0.1, -0.05) is 42.0 Å². The van der Waals surface area contributed by atoms with Gasteiger partial charge in [-0.3, -0.25) is 4.68 Å². The van der Waals surface area contributed by atoms with Crippen LogP contribution in [0.4, 0.5) is 4.79 Å². The molecule has 1 heterocycles. The standard InChI is InChI=1S/C22H27N5O2/c1-16-5-4-6-19(11-16)13-29-21-9-7-20(8-10-21)18(3)26-22(28)25-17(2)12-27-15-23-14-24-27/h4-11,14-15,17-18H,12-13H2,1-3H3,(H2,25,26,28)/t17-,18-/m1/s1. The molecule has 3 rings (SSSR count). The number of benzene rings is 2. The number of carbonyl (C=O) groups excluding carboxylic acids is 1. The van der Waals surface area contributed by atoms with E-state index in [9.17, 15) is 4.79 Å². The van der Waals surface area contributed by atoms with Crippen LogP contribution in [-0.2, 0) is 13.2 Å². The van der Waals surface area contributed by atoms with Crippen molar-refractivity contribution in [2.45, 2.75) is 46.0 Å². The molecular formula is C22H27N5O2. The zero-order valence-corrected chi connectivity index (χ0v) is 17.0. The summed E-state index contributed by atoms with van der Waals surface area (Å²) in [6, 6.07) is 15.6. The van der Waals surface area contributed by atoms with Gasteiger partial charge in [0, 0.05) is 6.04 Å². The molecule has 0 saturated heterocycles. The quantitative estimate of drug-likeness (QED) is 0.613. The summed E-state index contributed by atoms with van der Waals surface area (Å²) in [6.45, 7) is 7.03. The van der Waals surface area contributed by atoms with Crippen LogP contribution >= 0.6 is 0 Å². The molecule has 7 nitrogen and oxygen atoms in total. The van der Waals surface area contributed by atoms with Crippen molar-refractivity contribution in [3.63, 3.8) is 0 Å². The second kappa shape index (κ2) is 9.73. The van der Waals surface area contributed by atoms with Crippen LogP contribution in [0.5, 0.6) is 5.75 Å². The maximum atomic E-state index is 12.2. The van der Waals surface area contributed by atoms with Gasteiger partial charge < -0.3 is 15.4 Å². The normalized spacial score (nSPS) is 12.8. The Labute approximate surface area is 171 Å². The molecule has 2 amide bonds. The number of rotatable bonds is 8. The Morgan fingerprint density at radius 3 is 2.62 bits per heavy atom. The average molecular weight is 393 g/mol. The van der Waals surface area contributed by atoms with Crippen molar-refractivity contribution >= 4 is 6.03 Å². The van der Waals surface area contributed by atoms with Crippen molar-refractivity contribution in [1.29, 1.82) is 0 Å². The van der Waals surface area contributed by atoms with Gasteiger partial charge in [0.1, 0.15) is 25.0 Å². The molecule has 0 aliphatic rings. The van der Waals surface area contributed by atoms with Crippen LogP contribution in [0.2, 0.25) is 0 Å². The van der Waals surface area contributed by atoms with E-state index in [1.165, 1.54) is 11.9 Å². The number of carbonyl (C=O) groups is 1. The predicted octanol–water partition coefficient (Wildman–Crippen LogP) is 3.61. The van der Waals surface area contributed by atoms with Gasteiger partial charge in [-0.2, -0.15) is 5.10 Å². The minimum Gasteiger partial charge on any atom is -0.489 e. The smallest absolute Gasteiger partial charge is 0.315 e. The first-order valence-electron chi connectivity index (χ1n) is 9.67. The topological polar surface area (TPSA) is 81.1 Å². The summed E-state index contributed by atoms with van der Waals surface area (Å²) in [5.74, 6) is 0.799. The number of urea groups is 1. The lowest BCUT2D eigenvalue weighted by Crippen LogP contribution is -2.43. The highest BCUT2D eigenvalue weighted by atomic mass is 16.5. The predicted molar refractivity (Wildman–Crippen MR) is 112 cm³/mol. The molecule has 3 aromatic rings. The molecule has 0 aliphatic carbocycles. The van der Waals surface area contributed by atoms with Crippen molar-refractivity contribution in [3.05, 3.63) is 77.9 Å². The van der Waals surface area contributed by atoms with Gasteiger partial charge in [-0.15, -0.1) is 0 Å². The number of hydrogen-bond acceptors (Lipinski definition) is 4. The second-order valence-corrected chi connectivity index (χ2v) is 7.20. The van der Waals surface area contributed by atoms with Crippen LogP contribution in [0.3, 0.4) is 0 Å². The van der Waals surface area contributed by atoms with E-state index >= 15 is 0 Å². The molecule has 29 heavy (non-hydrogen) atoms. The Kier molecular flexibility index (Phi) is 6.84. The number of hydrogen-bond donors (Lipinski definition) is 2. The van der Waals surface area contributed by atoms with E-state index in [1.807, 2.05) is 44.2 Å². The first-order valence-corrected chi connectivity index (χ1v) is 9.67. The molecule has 1 aromatic heterocycles. The van der Waals surface area contributed by atoms with Crippen molar-refractivity contribution < 1.29 is 9.53 Å². The summed E-state index contributed by atoms with van der Waals surface area (Å²) >= 11 is 0. The fourth-order valence-corrected chi connectivity index (χ4v) is 3.02. The molecule has 2 atom stereocenters. The maximum absolute atomic E-state index is 12.2. The van der Waals surface area contributed by atoms with Crippen LogP contribution in [-0.4, -0.2) is 26.8 Å².